The van der Waals surface area contributed by atoms with Crippen LogP contribution in [0.15, 0.2) is 6.07 Å². The van der Waals surface area contributed by atoms with Gasteiger partial charge in [-0.2, -0.15) is 0 Å². The molecule has 0 spiro atoms. The molecular weight excluding hydrogens is 262 g/mol. The van der Waals surface area contributed by atoms with Crippen LogP contribution in [0.5, 0.6) is 0 Å². The number of aromatic nitrogens is 2. The van der Waals surface area contributed by atoms with Crippen molar-refractivity contribution < 1.29 is 5.11 Å². The lowest BCUT2D eigenvalue weighted by atomic mass is 10.1. The molecule has 1 unspecified atom stereocenters. The summed E-state index contributed by atoms with van der Waals surface area (Å²) in [4.78, 5) is 11.2. The van der Waals surface area contributed by atoms with Crippen LogP contribution in [0.4, 0.5) is 5.82 Å². The zero-order valence-electron chi connectivity index (χ0n) is 11.1. The van der Waals surface area contributed by atoms with Gasteiger partial charge in [-0.15, -0.1) is 0 Å². The zero-order valence-corrected chi connectivity index (χ0v) is 11.8. The van der Waals surface area contributed by atoms with Gasteiger partial charge >= 0.3 is 0 Å². The molecule has 5 heteroatoms. The number of anilines is 1. The third kappa shape index (κ3) is 3.00. The molecule has 2 heterocycles. The molecule has 1 aromatic heterocycles. The van der Waals surface area contributed by atoms with Crippen LogP contribution < -0.4 is 4.90 Å². The van der Waals surface area contributed by atoms with Crippen molar-refractivity contribution in [2.75, 3.05) is 18.1 Å². The molecule has 0 aromatic carbocycles. The molecule has 4 nitrogen and oxygen atoms in total. The number of hydrogen-bond donors (Lipinski definition) is 1. The predicted octanol–water partition coefficient (Wildman–Crippen LogP) is 2.75. The number of hydrogen-bond acceptors (Lipinski definition) is 4. The highest BCUT2D eigenvalue weighted by Crippen LogP contribution is 2.39. The molecule has 1 saturated carbocycles. The minimum atomic E-state index is 0.167. The summed E-state index contributed by atoms with van der Waals surface area (Å²) in [6, 6.07) is 2.00. The second-order valence-corrected chi connectivity index (χ2v) is 5.95. The van der Waals surface area contributed by atoms with E-state index in [4.69, 9.17) is 11.6 Å². The Balaban J connectivity index is 1.89. The molecule has 1 saturated heterocycles. The van der Waals surface area contributed by atoms with E-state index in [9.17, 15) is 5.11 Å². The Bertz CT molecular complexity index is 450. The van der Waals surface area contributed by atoms with Gasteiger partial charge < -0.3 is 10.0 Å². The van der Waals surface area contributed by atoms with Crippen LogP contribution in [0.1, 0.15) is 50.3 Å². The van der Waals surface area contributed by atoms with E-state index in [1.807, 2.05) is 6.07 Å². The molecule has 2 fully saturated rings. The van der Waals surface area contributed by atoms with E-state index in [1.54, 1.807) is 0 Å². The predicted molar refractivity (Wildman–Crippen MR) is 75.7 cm³/mol. The summed E-state index contributed by atoms with van der Waals surface area (Å²) in [6.45, 7) is 1.13. The molecule has 104 valence electrons. The molecule has 1 aliphatic carbocycles. The average Bonchev–Trinajstić information content (AvgIpc) is 3.24. The zero-order chi connectivity index (χ0) is 13.2. The van der Waals surface area contributed by atoms with Crippen LogP contribution in [0.2, 0.25) is 5.15 Å². The maximum absolute atomic E-state index is 9.59. The third-order valence-electron chi connectivity index (χ3n) is 4.02. The Kier molecular flexibility index (Phi) is 3.89. The summed E-state index contributed by atoms with van der Waals surface area (Å²) in [5.74, 6) is 2.27. The Morgan fingerprint density at radius 2 is 2.05 bits per heavy atom. The lowest BCUT2D eigenvalue weighted by molar-refractivity contribution is 0.254. The quantitative estimate of drug-likeness (QED) is 0.866. The van der Waals surface area contributed by atoms with Crippen molar-refractivity contribution in [1.29, 1.82) is 0 Å². The molecule has 0 bridgehead atoms. The van der Waals surface area contributed by atoms with Gasteiger partial charge in [-0.25, -0.2) is 9.97 Å². The molecule has 1 aromatic rings. The van der Waals surface area contributed by atoms with Crippen LogP contribution in [-0.2, 0) is 0 Å². The van der Waals surface area contributed by atoms with E-state index < -0.39 is 0 Å². The highest BCUT2D eigenvalue weighted by Gasteiger charge is 2.29. The van der Waals surface area contributed by atoms with Gasteiger partial charge in [-0.05, 0) is 25.7 Å². The van der Waals surface area contributed by atoms with Gasteiger partial charge in [0.1, 0.15) is 16.8 Å². The first-order chi connectivity index (χ1) is 9.28. The maximum atomic E-state index is 9.59. The number of aliphatic hydroxyl groups excluding tert-OH is 1. The van der Waals surface area contributed by atoms with Crippen molar-refractivity contribution in [2.24, 2.45) is 0 Å². The first-order valence-electron chi connectivity index (χ1n) is 7.20. The third-order valence-corrected chi connectivity index (χ3v) is 4.22. The van der Waals surface area contributed by atoms with Gasteiger partial charge in [0.25, 0.3) is 0 Å². The monoisotopic (exact) mass is 281 g/mol. The SMILES string of the molecule is OCC1CCCCCN1c1cc(Cl)nc(C2CC2)n1. The first-order valence-corrected chi connectivity index (χ1v) is 7.57. The molecule has 1 N–H and O–H groups in total. The van der Waals surface area contributed by atoms with Crippen LogP contribution in [0, 0.1) is 0 Å². The normalized spacial score (nSPS) is 24.3. The molecule has 1 atom stereocenters. The van der Waals surface area contributed by atoms with E-state index in [0.717, 1.165) is 31.0 Å². The van der Waals surface area contributed by atoms with Gasteiger partial charge in [0.15, 0.2) is 0 Å². The van der Waals surface area contributed by atoms with Crippen molar-refractivity contribution >= 4 is 17.4 Å². The van der Waals surface area contributed by atoms with Crippen LogP contribution in [0.3, 0.4) is 0 Å². The highest BCUT2D eigenvalue weighted by atomic mass is 35.5. The topological polar surface area (TPSA) is 49.2 Å². The molecule has 0 amide bonds. The van der Waals surface area contributed by atoms with E-state index >= 15 is 0 Å². The van der Waals surface area contributed by atoms with Crippen LogP contribution >= 0.6 is 11.6 Å². The molecule has 1 aliphatic heterocycles. The number of rotatable bonds is 3. The summed E-state index contributed by atoms with van der Waals surface area (Å²) >= 11 is 6.13. The Morgan fingerprint density at radius 3 is 2.79 bits per heavy atom. The number of aliphatic hydroxyl groups is 1. The Labute approximate surface area is 118 Å². The lowest BCUT2D eigenvalue weighted by Crippen LogP contribution is -2.38. The van der Waals surface area contributed by atoms with Gasteiger partial charge in [-0.3, -0.25) is 0 Å². The van der Waals surface area contributed by atoms with E-state index in [0.29, 0.717) is 11.1 Å². The van der Waals surface area contributed by atoms with Crippen molar-refractivity contribution in [3.05, 3.63) is 17.0 Å². The van der Waals surface area contributed by atoms with Gasteiger partial charge in [0, 0.05) is 18.5 Å². The molecule has 3 rings (SSSR count). The van der Waals surface area contributed by atoms with E-state index in [1.165, 1.54) is 25.7 Å². The highest BCUT2D eigenvalue weighted by molar-refractivity contribution is 6.29. The summed E-state index contributed by atoms with van der Waals surface area (Å²) in [6.07, 6.45) is 6.91. The molecular formula is C14H20ClN3O. The fourth-order valence-electron chi connectivity index (χ4n) is 2.76. The van der Waals surface area contributed by atoms with Gasteiger partial charge in [-0.1, -0.05) is 24.4 Å². The molecule has 0 radical (unpaired) electrons. The van der Waals surface area contributed by atoms with Crippen molar-refractivity contribution in [3.63, 3.8) is 0 Å². The fourth-order valence-corrected chi connectivity index (χ4v) is 2.95. The Morgan fingerprint density at radius 1 is 1.21 bits per heavy atom. The molecule has 19 heavy (non-hydrogen) atoms. The van der Waals surface area contributed by atoms with Crippen LogP contribution in [-0.4, -0.2) is 34.3 Å². The molecule has 2 aliphatic rings. The smallest absolute Gasteiger partial charge is 0.135 e. The average molecular weight is 282 g/mol. The van der Waals surface area contributed by atoms with Crippen molar-refractivity contribution in [3.8, 4) is 0 Å². The fraction of sp³-hybridized carbons (Fsp3) is 0.714. The summed E-state index contributed by atoms with van der Waals surface area (Å²) < 4.78 is 0. The lowest BCUT2D eigenvalue weighted by Gasteiger charge is -2.30. The second kappa shape index (κ2) is 5.63. The number of halogens is 1. The van der Waals surface area contributed by atoms with Gasteiger partial charge in [0.05, 0.1) is 12.6 Å². The second-order valence-electron chi connectivity index (χ2n) is 5.56. The van der Waals surface area contributed by atoms with Crippen LogP contribution in [0.25, 0.3) is 0 Å². The van der Waals surface area contributed by atoms with Gasteiger partial charge in [0.2, 0.25) is 0 Å². The van der Waals surface area contributed by atoms with Crippen molar-refractivity contribution in [1.82, 2.24) is 9.97 Å². The minimum absolute atomic E-state index is 0.167. The summed E-state index contributed by atoms with van der Waals surface area (Å²) in [5, 5.41) is 10.1. The van der Waals surface area contributed by atoms with E-state index in [2.05, 4.69) is 14.9 Å². The van der Waals surface area contributed by atoms with E-state index in [-0.39, 0.29) is 12.6 Å². The summed E-state index contributed by atoms with van der Waals surface area (Å²) in [7, 11) is 0. The summed E-state index contributed by atoms with van der Waals surface area (Å²) in [5.41, 5.74) is 0. The standard InChI is InChI=1S/C14H20ClN3O/c15-12-8-13(17-14(16-12)10-5-6-10)18-7-3-1-2-4-11(18)9-19/h8,10-11,19H,1-7,9H2. The number of nitrogens with zero attached hydrogens (tertiary/aromatic N) is 3. The largest absolute Gasteiger partial charge is 0.394 e. The maximum Gasteiger partial charge on any atom is 0.135 e. The Hall–Kier alpha value is -0.870. The first kappa shape index (κ1) is 13.1. The minimum Gasteiger partial charge on any atom is -0.394 e. The van der Waals surface area contributed by atoms with Crippen molar-refractivity contribution in [2.45, 2.75) is 50.5 Å².